The lowest BCUT2D eigenvalue weighted by Crippen LogP contribution is -2.37. The number of aryl methyl sites for hydroxylation is 2. The number of carbonyl (C=O) groups is 1. The molecular weight excluding hydrogens is 372 g/mol. The fourth-order valence-corrected chi connectivity index (χ4v) is 3.90. The zero-order valence-electron chi connectivity index (χ0n) is 15.1. The largest absolute Gasteiger partial charge is 0.311 e. The third kappa shape index (κ3) is 5.06. The second kappa shape index (κ2) is 8.66. The molecule has 0 saturated heterocycles. The summed E-state index contributed by atoms with van der Waals surface area (Å²) in [7, 11) is -3.61. The summed E-state index contributed by atoms with van der Waals surface area (Å²) in [6.45, 7) is 5.66. The van der Waals surface area contributed by atoms with Gasteiger partial charge in [0.15, 0.2) is 0 Å². The number of hydrogen-bond acceptors (Lipinski definition) is 3. The van der Waals surface area contributed by atoms with Crippen LogP contribution in [-0.2, 0) is 21.2 Å². The summed E-state index contributed by atoms with van der Waals surface area (Å²) in [5.74, 6) is -0.165. The Morgan fingerprint density at radius 2 is 1.81 bits per heavy atom. The van der Waals surface area contributed by atoms with Crippen molar-refractivity contribution < 1.29 is 13.2 Å². The molecule has 1 N–H and O–H groups in total. The summed E-state index contributed by atoms with van der Waals surface area (Å²) in [6.07, 6.45) is 0.849. The van der Waals surface area contributed by atoms with Crippen molar-refractivity contribution in [3.8, 4) is 0 Å². The van der Waals surface area contributed by atoms with E-state index in [0.717, 1.165) is 17.5 Å². The van der Waals surface area contributed by atoms with Gasteiger partial charge in [0.2, 0.25) is 15.9 Å². The summed E-state index contributed by atoms with van der Waals surface area (Å²) >= 11 is 5.96. The SMILES string of the molecule is CCc1ccc(S(=O)(=O)NCCN(C(C)=O)c2ccc(Cl)cc2C)cc1. The highest BCUT2D eigenvalue weighted by Gasteiger charge is 2.17. The molecule has 0 aliphatic heterocycles. The van der Waals surface area contributed by atoms with Gasteiger partial charge in [-0.1, -0.05) is 30.7 Å². The molecule has 140 valence electrons. The van der Waals surface area contributed by atoms with Crippen LogP contribution in [-0.4, -0.2) is 27.4 Å². The van der Waals surface area contributed by atoms with Crippen LogP contribution in [0.1, 0.15) is 25.0 Å². The Kier molecular flexibility index (Phi) is 6.81. The number of carbonyl (C=O) groups excluding carboxylic acids is 1. The van der Waals surface area contributed by atoms with E-state index in [1.54, 1.807) is 42.5 Å². The smallest absolute Gasteiger partial charge is 0.240 e. The van der Waals surface area contributed by atoms with E-state index in [4.69, 9.17) is 11.6 Å². The van der Waals surface area contributed by atoms with Crippen LogP contribution < -0.4 is 9.62 Å². The Labute approximate surface area is 160 Å². The predicted molar refractivity (Wildman–Crippen MR) is 105 cm³/mol. The highest BCUT2D eigenvalue weighted by Crippen LogP contribution is 2.23. The molecule has 0 aromatic heterocycles. The predicted octanol–water partition coefficient (Wildman–Crippen LogP) is 3.54. The first-order valence-corrected chi connectivity index (χ1v) is 10.2. The number of anilines is 1. The van der Waals surface area contributed by atoms with Gasteiger partial charge >= 0.3 is 0 Å². The van der Waals surface area contributed by atoms with Crippen LogP contribution in [0.5, 0.6) is 0 Å². The Bertz CT molecular complexity index is 880. The van der Waals surface area contributed by atoms with E-state index in [2.05, 4.69) is 4.72 Å². The van der Waals surface area contributed by atoms with Crippen molar-refractivity contribution >= 4 is 33.2 Å². The molecule has 2 aromatic rings. The summed E-state index contributed by atoms with van der Waals surface area (Å²) in [4.78, 5) is 13.7. The van der Waals surface area contributed by atoms with Gasteiger partial charge in [0.1, 0.15) is 0 Å². The lowest BCUT2D eigenvalue weighted by molar-refractivity contribution is -0.116. The zero-order valence-corrected chi connectivity index (χ0v) is 16.7. The summed E-state index contributed by atoms with van der Waals surface area (Å²) < 4.78 is 27.3. The number of halogens is 1. The quantitative estimate of drug-likeness (QED) is 0.781. The van der Waals surface area contributed by atoms with Gasteiger partial charge in [0.25, 0.3) is 0 Å². The van der Waals surface area contributed by atoms with Crippen LogP contribution in [0.25, 0.3) is 0 Å². The van der Waals surface area contributed by atoms with E-state index in [9.17, 15) is 13.2 Å². The summed E-state index contributed by atoms with van der Waals surface area (Å²) in [5.41, 5.74) is 2.64. The maximum atomic E-state index is 12.4. The fraction of sp³-hybridized carbons (Fsp3) is 0.316. The van der Waals surface area contributed by atoms with Crippen molar-refractivity contribution in [2.75, 3.05) is 18.0 Å². The summed E-state index contributed by atoms with van der Waals surface area (Å²) in [6, 6.07) is 12.0. The molecule has 26 heavy (non-hydrogen) atoms. The van der Waals surface area contributed by atoms with Crippen molar-refractivity contribution in [3.63, 3.8) is 0 Å². The van der Waals surface area contributed by atoms with Gasteiger partial charge in [0.05, 0.1) is 4.90 Å². The number of rotatable bonds is 7. The first kappa shape index (κ1) is 20.4. The Hall–Kier alpha value is -1.89. The number of amides is 1. The van der Waals surface area contributed by atoms with E-state index in [0.29, 0.717) is 10.7 Å². The molecule has 0 fully saturated rings. The molecule has 0 spiro atoms. The van der Waals surface area contributed by atoms with Crippen molar-refractivity contribution in [2.24, 2.45) is 0 Å². The van der Waals surface area contributed by atoms with E-state index in [-0.39, 0.29) is 23.9 Å². The minimum absolute atomic E-state index is 0.111. The second-order valence-corrected chi connectivity index (χ2v) is 8.20. The van der Waals surface area contributed by atoms with E-state index in [1.807, 2.05) is 13.8 Å². The van der Waals surface area contributed by atoms with Crippen LogP contribution in [0.15, 0.2) is 47.4 Å². The Morgan fingerprint density at radius 3 is 2.35 bits per heavy atom. The highest BCUT2D eigenvalue weighted by atomic mass is 35.5. The maximum Gasteiger partial charge on any atom is 0.240 e. The number of hydrogen-bond donors (Lipinski definition) is 1. The van der Waals surface area contributed by atoms with Crippen LogP contribution >= 0.6 is 11.6 Å². The van der Waals surface area contributed by atoms with Gasteiger partial charge in [-0.2, -0.15) is 0 Å². The van der Waals surface area contributed by atoms with Gasteiger partial charge < -0.3 is 4.90 Å². The van der Waals surface area contributed by atoms with E-state index >= 15 is 0 Å². The fourth-order valence-electron chi connectivity index (χ4n) is 2.65. The van der Waals surface area contributed by atoms with E-state index < -0.39 is 10.0 Å². The topological polar surface area (TPSA) is 66.5 Å². The van der Waals surface area contributed by atoms with Crippen molar-refractivity contribution in [1.29, 1.82) is 0 Å². The van der Waals surface area contributed by atoms with Crippen LogP contribution in [0.3, 0.4) is 0 Å². The zero-order chi connectivity index (χ0) is 19.3. The van der Waals surface area contributed by atoms with Crippen LogP contribution in [0, 0.1) is 6.92 Å². The average molecular weight is 395 g/mol. The lowest BCUT2D eigenvalue weighted by atomic mass is 10.2. The molecule has 0 heterocycles. The van der Waals surface area contributed by atoms with Gasteiger partial charge in [-0.15, -0.1) is 0 Å². The van der Waals surface area contributed by atoms with Crippen LogP contribution in [0.4, 0.5) is 5.69 Å². The first-order valence-electron chi connectivity index (χ1n) is 8.37. The first-order chi connectivity index (χ1) is 12.2. The molecule has 1 amide bonds. The van der Waals surface area contributed by atoms with E-state index in [1.165, 1.54) is 11.8 Å². The number of benzene rings is 2. The Morgan fingerprint density at radius 1 is 1.15 bits per heavy atom. The molecule has 0 atom stereocenters. The molecule has 5 nitrogen and oxygen atoms in total. The molecule has 0 aliphatic rings. The number of sulfonamides is 1. The maximum absolute atomic E-state index is 12.4. The standard InChI is InChI=1S/C19H23ClN2O3S/c1-4-16-5-8-18(9-6-16)26(24,25)21-11-12-22(15(3)23)19-10-7-17(20)13-14(19)2/h5-10,13,21H,4,11-12H2,1-3H3. The molecule has 2 rings (SSSR count). The molecule has 0 unspecified atom stereocenters. The van der Waals surface area contributed by atoms with Gasteiger partial charge in [-0.05, 0) is 54.8 Å². The minimum atomic E-state index is -3.61. The molecule has 0 saturated carbocycles. The van der Waals surface area contributed by atoms with Gasteiger partial charge in [0, 0.05) is 30.7 Å². The monoisotopic (exact) mass is 394 g/mol. The van der Waals surface area contributed by atoms with Crippen LogP contribution in [0.2, 0.25) is 5.02 Å². The third-order valence-corrected chi connectivity index (χ3v) is 5.81. The lowest BCUT2D eigenvalue weighted by Gasteiger charge is -2.23. The normalized spacial score (nSPS) is 11.4. The minimum Gasteiger partial charge on any atom is -0.311 e. The molecule has 7 heteroatoms. The average Bonchev–Trinajstić information content (AvgIpc) is 2.59. The molecule has 2 aromatic carbocycles. The van der Waals surface area contributed by atoms with Crippen molar-refractivity contribution in [3.05, 3.63) is 58.6 Å². The number of nitrogens with one attached hydrogen (secondary N) is 1. The van der Waals surface area contributed by atoms with Crippen molar-refractivity contribution in [2.45, 2.75) is 32.1 Å². The molecular formula is C19H23ClN2O3S. The van der Waals surface area contributed by atoms with Gasteiger partial charge in [-0.3, -0.25) is 4.79 Å². The molecule has 0 aliphatic carbocycles. The molecule has 0 radical (unpaired) electrons. The Balaban J connectivity index is 2.08. The number of nitrogens with zero attached hydrogens (tertiary/aromatic N) is 1. The van der Waals surface area contributed by atoms with Gasteiger partial charge in [-0.25, -0.2) is 13.1 Å². The highest BCUT2D eigenvalue weighted by molar-refractivity contribution is 7.89. The summed E-state index contributed by atoms with van der Waals surface area (Å²) in [5, 5.41) is 0.589. The third-order valence-electron chi connectivity index (χ3n) is 4.10. The van der Waals surface area contributed by atoms with Crippen molar-refractivity contribution in [1.82, 2.24) is 4.72 Å². The second-order valence-electron chi connectivity index (χ2n) is 6.00. The molecule has 0 bridgehead atoms.